The molecule has 0 saturated carbocycles. The van der Waals surface area contributed by atoms with Crippen molar-refractivity contribution in [1.29, 1.82) is 0 Å². The van der Waals surface area contributed by atoms with Crippen LogP contribution in [0.4, 0.5) is 5.69 Å². The molecule has 1 unspecified atom stereocenters. The minimum absolute atomic E-state index is 0.135. The maximum atomic E-state index is 10.9. The quantitative estimate of drug-likeness (QED) is 0.475. The van der Waals surface area contributed by atoms with Crippen molar-refractivity contribution < 1.29 is 5.11 Å². The van der Waals surface area contributed by atoms with Gasteiger partial charge in [0.25, 0.3) is 0 Å². The first-order chi connectivity index (χ1) is 13.0. The number of nitrogen functional groups attached to an aromatic ring is 1. The molecule has 27 heavy (non-hydrogen) atoms. The average molecular weight is 379 g/mol. The Bertz CT molecular complexity index is 1180. The molecule has 4 aromatic rings. The molecule has 1 aliphatic carbocycles. The summed E-state index contributed by atoms with van der Waals surface area (Å²) in [6.07, 6.45) is 1.19. The second-order valence-corrected chi connectivity index (χ2v) is 8.21. The largest absolute Gasteiger partial charge is 0.397 e. The third-order valence-electron chi connectivity index (χ3n) is 5.37. The molecular weight excluding hydrogens is 358 g/mol. The van der Waals surface area contributed by atoms with Crippen LogP contribution >= 0.6 is 11.3 Å². The summed E-state index contributed by atoms with van der Waals surface area (Å²) in [5.41, 5.74) is 11.5. The number of fused-ring (bicyclic) bond motifs is 4. The van der Waals surface area contributed by atoms with Crippen LogP contribution in [0.25, 0.3) is 15.9 Å². The highest BCUT2D eigenvalue weighted by Crippen LogP contribution is 2.40. The number of hydrogen-bond donors (Lipinski definition) is 3. The Morgan fingerprint density at radius 2 is 2.15 bits per heavy atom. The van der Waals surface area contributed by atoms with E-state index in [1.54, 1.807) is 0 Å². The van der Waals surface area contributed by atoms with Crippen LogP contribution in [0.3, 0.4) is 0 Å². The summed E-state index contributed by atoms with van der Waals surface area (Å²) in [7, 11) is 0. The number of thiophene rings is 1. The summed E-state index contributed by atoms with van der Waals surface area (Å²) >= 11 is 1.48. The predicted octanol–water partition coefficient (Wildman–Crippen LogP) is 3.41. The molecule has 0 aliphatic heterocycles. The van der Waals surface area contributed by atoms with Crippen molar-refractivity contribution in [2.24, 2.45) is 0 Å². The lowest BCUT2D eigenvalue weighted by Crippen LogP contribution is -2.24. The zero-order valence-corrected chi connectivity index (χ0v) is 16.0. The number of aromatic nitrogens is 3. The molecule has 5 rings (SSSR count). The van der Waals surface area contributed by atoms with Gasteiger partial charge in [0.05, 0.1) is 10.6 Å². The van der Waals surface area contributed by atoms with E-state index in [0.29, 0.717) is 5.69 Å². The summed E-state index contributed by atoms with van der Waals surface area (Å²) in [5.74, 6) is 0.719. The van der Waals surface area contributed by atoms with Crippen LogP contribution in [0.1, 0.15) is 46.1 Å². The summed E-state index contributed by atoms with van der Waals surface area (Å²) in [6.45, 7) is 3.90. The lowest BCUT2D eigenvalue weighted by atomic mass is 10.1. The molecule has 0 fully saturated rings. The Balaban J connectivity index is 1.56. The van der Waals surface area contributed by atoms with E-state index in [2.05, 4.69) is 33.6 Å². The Morgan fingerprint density at radius 1 is 1.33 bits per heavy atom. The van der Waals surface area contributed by atoms with Crippen LogP contribution in [0.15, 0.2) is 30.3 Å². The van der Waals surface area contributed by atoms with Crippen molar-refractivity contribution in [1.82, 2.24) is 19.9 Å². The van der Waals surface area contributed by atoms with Gasteiger partial charge in [-0.2, -0.15) is 5.10 Å². The van der Waals surface area contributed by atoms with Crippen LogP contribution in [-0.4, -0.2) is 19.7 Å². The number of hydrogen-bond acceptors (Lipinski definition) is 6. The van der Waals surface area contributed by atoms with Crippen molar-refractivity contribution in [3.8, 4) is 0 Å². The molecule has 3 aromatic heterocycles. The number of anilines is 1. The summed E-state index contributed by atoms with van der Waals surface area (Å²) < 4.78 is 1.82. The van der Waals surface area contributed by atoms with Gasteiger partial charge >= 0.3 is 0 Å². The molecule has 1 aromatic carbocycles. The molecule has 3 heterocycles. The first kappa shape index (κ1) is 16.7. The second-order valence-electron chi connectivity index (χ2n) is 7.18. The smallest absolute Gasteiger partial charge is 0.157 e. The van der Waals surface area contributed by atoms with E-state index in [1.165, 1.54) is 22.5 Å². The highest BCUT2D eigenvalue weighted by atomic mass is 32.1. The lowest BCUT2D eigenvalue weighted by molar-refractivity contribution is 0.127. The minimum atomic E-state index is -0.822. The Labute approximate surface area is 160 Å². The van der Waals surface area contributed by atoms with Crippen molar-refractivity contribution in [3.63, 3.8) is 0 Å². The highest BCUT2D eigenvalue weighted by molar-refractivity contribution is 7.19. The van der Waals surface area contributed by atoms with Crippen molar-refractivity contribution >= 4 is 32.9 Å². The molecular formula is C20H21N5OS. The topological polar surface area (TPSA) is 88.5 Å². The number of aryl methyl sites for hydroxylation is 3. The number of nitrogens with one attached hydrogen (secondary N) is 1. The van der Waals surface area contributed by atoms with E-state index in [4.69, 9.17) is 5.73 Å². The molecule has 0 bridgehead atoms. The van der Waals surface area contributed by atoms with E-state index in [0.717, 1.165) is 45.0 Å². The normalized spacial score (nSPS) is 17.7. The molecule has 0 spiro atoms. The molecule has 1 aliphatic rings. The molecule has 4 N–H and O–H groups in total. The zero-order valence-electron chi connectivity index (χ0n) is 15.2. The molecule has 6 nitrogen and oxygen atoms in total. The van der Waals surface area contributed by atoms with Gasteiger partial charge in [-0.25, -0.2) is 9.50 Å². The van der Waals surface area contributed by atoms with Gasteiger partial charge in [0.2, 0.25) is 0 Å². The third kappa shape index (κ3) is 2.54. The van der Waals surface area contributed by atoms with Crippen LogP contribution in [0.5, 0.6) is 0 Å². The van der Waals surface area contributed by atoms with Gasteiger partial charge in [-0.05, 0) is 49.4 Å². The van der Waals surface area contributed by atoms with E-state index < -0.39 is 6.23 Å². The van der Waals surface area contributed by atoms with Crippen molar-refractivity contribution in [2.75, 3.05) is 5.73 Å². The SMILES string of the molecule is Cc1nc2cc(C)c3c(N)c(C(O)N[C@H]4CCc5ccccc54)sc3n2n1. The Kier molecular flexibility index (Phi) is 3.72. The molecule has 7 heteroatoms. The van der Waals surface area contributed by atoms with Crippen molar-refractivity contribution in [3.05, 3.63) is 57.7 Å². The lowest BCUT2D eigenvalue weighted by Gasteiger charge is -2.19. The fourth-order valence-corrected chi connectivity index (χ4v) is 5.31. The number of benzene rings is 1. The monoisotopic (exact) mass is 379 g/mol. The standard InChI is InChI=1S/C20H21N5OS/c1-10-9-15-22-11(2)24-25(15)20-16(10)17(21)18(27-20)19(26)23-14-8-7-12-5-3-4-6-13(12)14/h3-6,9,14,19,23,26H,7-8,21H2,1-2H3/t14-,19?/m0/s1. The number of aliphatic hydroxyl groups is 1. The maximum absolute atomic E-state index is 10.9. The number of nitrogens with two attached hydrogens (primary N) is 1. The fourth-order valence-electron chi connectivity index (χ4n) is 4.12. The van der Waals surface area contributed by atoms with Crippen LogP contribution in [-0.2, 0) is 6.42 Å². The third-order valence-corrected chi connectivity index (χ3v) is 6.60. The number of rotatable bonds is 3. The van der Waals surface area contributed by atoms with Gasteiger partial charge in [-0.3, -0.25) is 5.32 Å². The van der Waals surface area contributed by atoms with Gasteiger partial charge in [-0.1, -0.05) is 24.3 Å². The van der Waals surface area contributed by atoms with Gasteiger partial charge in [0.15, 0.2) is 5.65 Å². The van der Waals surface area contributed by atoms with E-state index in [-0.39, 0.29) is 6.04 Å². The summed E-state index contributed by atoms with van der Waals surface area (Å²) in [4.78, 5) is 6.11. The number of nitrogens with zero attached hydrogens (tertiary/aromatic N) is 3. The van der Waals surface area contributed by atoms with Gasteiger partial charge in [0.1, 0.15) is 16.9 Å². The van der Waals surface area contributed by atoms with Gasteiger partial charge in [-0.15, -0.1) is 11.3 Å². The molecule has 0 saturated heterocycles. The van der Waals surface area contributed by atoms with E-state index in [9.17, 15) is 5.11 Å². The van der Waals surface area contributed by atoms with Crippen LogP contribution < -0.4 is 11.1 Å². The molecule has 0 radical (unpaired) electrons. The maximum Gasteiger partial charge on any atom is 0.157 e. The highest BCUT2D eigenvalue weighted by Gasteiger charge is 2.27. The minimum Gasteiger partial charge on any atom is -0.397 e. The van der Waals surface area contributed by atoms with E-state index >= 15 is 0 Å². The number of pyridine rings is 1. The molecule has 138 valence electrons. The first-order valence-corrected chi connectivity index (χ1v) is 9.91. The van der Waals surface area contributed by atoms with Crippen molar-refractivity contribution in [2.45, 2.75) is 39.0 Å². The Hall–Kier alpha value is -2.48. The van der Waals surface area contributed by atoms with Crippen LogP contribution in [0.2, 0.25) is 0 Å². The molecule has 2 atom stereocenters. The second kappa shape index (κ2) is 6.02. The Morgan fingerprint density at radius 3 is 3.00 bits per heavy atom. The first-order valence-electron chi connectivity index (χ1n) is 9.09. The average Bonchev–Trinajstić information content (AvgIpc) is 3.31. The zero-order chi connectivity index (χ0) is 18.7. The van der Waals surface area contributed by atoms with E-state index in [1.807, 2.05) is 30.5 Å². The molecule has 0 amide bonds. The van der Waals surface area contributed by atoms with Crippen LogP contribution in [0, 0.1) is 13.8 Å². The number of aliphatic hydroxyl groups excluding tert-OH is 1. The summed E-state index contributed by atoms with van der Waals surface area (Å²) in [5, 5.41) is 19.7. The summed E-state index contributed by atoms with van der Waals surface area (Å²) in [6, 6.07) is 10.5. The van der Waals surface area contributed by atoms with Gasteiger partial charge in [0, 0.05) is 11.4 Å². The fraction of sp³-hybridized carbons (Fsp3) is 0.300. The predicted molar refractivity (Wildman–Crippen MR) is 108 cm³/mol. The van der Waals surface area contributed by atoms with Gasteiger partial charge < -0.3 is 10.8 Å².